The SMILES string of the molecule is O=C(O)N1CCN(CCOCCOc2ccc(-n3cc(Br)c(-c4ccncc4)n3)cc2)CC1. The van der Waals surface area contributed by atoms with Crippen LogP contribution in [0, 0.1) is 0 Å². The second-order valence-corrected chi connectivity index (χ2v) is 8.43. The Morgan fingerprint density at radius 2 is 1.73 bits per heavy atom. The van der Waals surface area contributed by atoms with Gasteiger partial charge in [0, 0.05) is 56.9 Å². The van der Waals surface area contributed by atoms with Crippen molar-refractivity contribution in [2.24, 2.45) is 0 Å². The molecule has 0 saturated carbocycles. The third-order valence-corrected chi connectivity index (χ3v) is 6.00. The van der Waals surface area contributed by atoms with Gasteiger partial charge in [0.25, 0.3) is 0 Å². The van der Waals surface area contributed by atoms with Crippen molar-refractivity contribution in [3.05, 3.63) is 59.5 Å². The molecule has 1 amide bonds. The van der Waals surface area contributed by atoms with Crippen LogP contribution >= 0.6 is 15.9 Å². The predicted octanol–water partition coefficient (Wildman–Crippen LogP) is 3.39. The van der Waals surface area contributed by atoms with Crippen LogP contribution in [0.4, 0.5) is 4.79 Å². The molecule has 1 N–H and O–H groups in total. The van der Waals surface area contributed by atoms with Crippen molar-refractivity contribution in [1.29, 1.82) is 0 Å². The van der Waals surface area contributed by atoms with Crippen LogP contribution in [0.5, 0.6) is 5.75 Å². The molecule has 1 aromatic carbocycles. The predicted molar refractivity (Wildman–Crippen MR) is 127 cm³/mol. The Bertz CT molecular complexity index is 1040. The van der Waals surface area contributed by atoms with Gasteiger partial charge in [-0.05, 0) is 52.3 Å². The van der Waals surface area contributed by atoms with Gasteiger partial charge in [-0.1, -0.05) is 0 Å². The zero-order valence-electron chi connectivity index (χ0n) is 18.1. The number of carbonyl (C=O) groups is 1. The Hall–Kier alpha value is -2.95. The Kier molecular flexibility index (Phi) is 7.92. The molecule has 0 spiro atoms. The molecule has 33 heavy (non-hydrogen) atoms. The number of pyridine rings is 1. The van der Waals surface area contributed by atoms with E-state index >= 15 is 0 Å². The molecule has 2 aromatic heterocycles. The van der Waals surface area contributed by atoms with Crippen LogP contribution in [-0.2, 0) is 4.74 Å². The average Bonchev–Trinajstić information content (AvgIpc) is 3.24. The summed E-state index contributed by atoms with van der Waals surface area (Å²) in [6.45, 7) is 4.95. The van der Waals surface area contributed by atoms with Gasteiger partial charge < -0.3 is 19.5 Å². The molecule has 3 aromatic rings. The van der Waals surface area contributed by atoms with Crippen molar-refractivity contribution < 1.29 is 19.4 Å². The Labute approximate surface area is 200 Å². The number of ether oxygens (including phenoxy) is 2. The highest BCUT2D eigenvalue weighted by Crippen LogP contribution is 2.27. The van der Waals surface area contributed by atoms with Crippen LogP contribution in [-0.4, -0.2) is 88.3 Å². The maximum Gasteiger partial charge on any atom is 0.407 e. The van der Waals surface area contributed by atoms with E-state index in [0.29, 0.717) is 32.9 Å². The van der Waals surface area contributed by atoms with Crippen LogP contribution in [0.25, 0.3) is 16.9 Å². The maximum atomic E-state index is 10.9. The first-order valence-electron chi connectivity index (χ1n) is 10.8. The van der Waals surface area contributed by atoms with Crippen molar-refractivity contribution in [3.8, 4) is 22.7 Å². The molecule has 0 atom stereocenters. The molecule has 0 bridgehead atoms. The van der Waals surface area contributed by atoms with E-state index in [0.717, 1.165) is 46.8 Å². The van der Waals surface area contributed by atoms with Gasteiger partial charge in [0.2, 0.25) is 0 Å². The fourth-order valence-electron chi connectivity index (χ4n) is 3.56. The molecule has 1 fully saturated rings. The highest BCUT2D eigenvalue weighted by atomic mass is 79.9. The fourth-order valence-corrected chi connectivity index (χ4v) is 4.06. The second-order valence-electron chi connectivity index (χ2n) is 7.57. The lowest BCUT2D eigenvalue weighted by Crippen LogP contribution is -2.49. The summed E-state index contributed by atoms with van der Waals surface area (Å²) in [4.78, 5) is 18.6. The summed E-state index contributed by atoms with van der Waals surface area (Å²) < 4.78 is 14.2. The molecule has 0 unspecified atom stereocenters. The van der Waals surface area contributed by atoms with Crippen LogP contribution in [0.15, 0.2) is 59.5 Å². The van der Waals surface area contributed by atoms with Crippen LogP contribution in [0.1, 0.15) is 0 Å². The molecule has 174 valence electrons. The molecule has 1 saturated heterocycles. The molecule has 1 aliphatic rings. The van der Waals surface area contributed by atoms with E-state index in [9.17, 15) is 4.79 Å². The topological polar surface area (TPSA) is 93.0 Å². The summed E-state index contributed by atoms with van der Waals surface area (Å²) >= 11 is 3.58. The van der Waals surface area contributed by atoms with Gasteiger partial charge in [-0.2, -0.15) is 5.10 Å². The first-order chi connectivity index (χ1) is 16.1. The third kappa shape index (κ3) is 6.31. The van der Waals surface area contributed by atoms with Gasteiger partial charge in [0.05, 0.1) is 23.4 Å². The summed E-state index contributed by atoms with van der Waals surface area (Å²) in [5.74, 6) is 0.771. The first kappa shape index (κ1) is 23.2. The van der Waals surface area contributed by atoms with Gasteiger partial charge in [0.1, 0.15) is 18.1 Å². The van der Waals surface area contributed by atoms with Crippen molar-refractivity contribution in [2.45, 2.75) is 0 Å². The molecule has 3 heterocycles. The lowest BCUT2D eigenvalue weighted by atomic mass is 10.2. The van der Waals surface area contributed by atoms with Gasteiger partial charge >= 0.3 is 6.09 Å². The lowest BCUT2D eigenvalue weighted by Gasteiger charge is -2.32. The Morgan fingerprint density at radius 1 is 1.00 bits per heavy atom. The number of benzene rings is 1. The summed E-state index contributed by atoms with van der Waals surface area (Å²) in [5.41, 5.74) is 2.79. The molecular formula is C23H26BrN5O4. The highest BCUT2D eigenvalue weighted by Gasteiger charge is 2.19. The Morgan fingerprint density at radius 3 is 2.42 bits per heavy atom. The smallest absolute Gasteiger partial charge is 0.407 e. The first-order valence-corrected chi connectivity index (χ1v) is 11.6. The van der Waals surface area contributed by atoms with Crippen LogP contribution in [0.2, 0.25) is 0 Å². The van der Waals surface area contributed by atoms with Gasteiger partial charge in [0.15, 0.2) is 0 Å². The Balaban J connectivity index is 1.18. The van der Waals surface area contributed by atoms with E-state index in [-0.39, 0.29) is 0 Å². The summed E-state index contributed by atoms with van der Waals surface area (Å²) in [6, 6.07) is 11.6. The van der Waals surface area contributed by atoms with E-state index in [1.165, 1.54) is 4.90 Å². The van der Waals surface area contributed by atoms with Crippen LogP contribution in [0.3, 0.4) is 0 Å². The number of carboxylic acid groups (broad SMARTS) is 1. The second kappa shape index (κ2) is 11.3. The number of nitrogens with zero attached hydrogens (tertiary/aromatic N) is 5. The van der Waals surface area contributed by atoms with Crippen molar-refractivity contribution in [2.75, 3.05) is 52.5 Å². The molecule has 9 nitrogen and oxygen atoms in total. The minimum Gasteiger partial charge on any atom is -0.491 e. The molecule has 4 rings (SSSR count). The van der Waals surface area contributed by atoms with E-state index in [1.807, 2.05) is 47.3 Å². The average molecular weight is 516 g/mol. The minimum atomic E-state index is -0.844. The van der Waals surface area contributed by atoms with E-state index in [4.69, 9.17) is 14.6 Å². The fraction of sp³-hybridized carbons (Fsp3) is 0.348. The van der Waals surface area contributed by atoms with E-state index in [2.05, 4.69) is 30.9 Å². The zero-order valence-corrected chi connectivity index (χ0v) is 19.7. The number of hydrogen-bond acceptors (Lipinski definition) is 6. The number of amides is 1. The quantitative estimate of drug-likeness (QED) is 0.436. The molecule has 10 heteroatoms. The maximum absolute atomic E-state index is 10.9. The summed E-state index contributed by atoms with van der Waals surface area (Å²) in [7, 11) is 0. The third-order valence-electron chi connectivity index (χ3n) is 5.42. The van der Waals surface area contributed by atoms with Gasteiger partial charge in [-0.25, -0.2) is 9.48 Å². The number of piperazine rings is 1. The van der Waals surface area contributed by atoms with Crippen LogP contribution < -0.4 is 4.74 Å². The van der Waals surface area contributed by atoms with E-state index < -0.39 is 6.09 Å². The largest absolute Gasteiger partial charge is 0.491 e. The summed E-state index contributed by atoms with van der Waals surface area (Å²) in [6.07, 6.45) is 4.59. The highest BCUT2D eigenvalue weighted by molar-refractivity contribution is 9.10. The molecule has 1 aliphatic heterocycles. The van der Waals surface area contributed by atoms with Crippen molar-refractivity contribution >= 4 is 22.0 Å². The number of rotatable bonds is 9. The monoisotopic (exact) mass is 515 g/mol. The zero-order chi connectivity index (χ0) is 23.0. The van der Waals surface area contributed by atoms with Gasteiger partial charge in [-0.15, -0.1) is 0 Å². The molecule has 0 aliphatic carbocycles. The number of halogens is 1. The number of aromatic nitrogens is 3. The molecular weight excluding hydrogens is 490 g/mol. The number of hydrogen-bond donors (Lipinski definition) is 1. The standard InChI is InChI=1S/C23H26BrN5O4/c24-21-17-29(26-22(21)18-5-7-25-8-6-18)19-1-3-20(4-2-19)33-16-15-32-14-13-27-9-11-28(12-10-27)23(30)31/h1-8,17H,9-16H2,(H,30,31). The normalized spacial score (nSPS) is 14.4. The summed E-state index contributed by atoms with van der Waals surface area (Å²) in [5, 5.41) is 13.7. The van der Waals surface area contributed by atoms with Crippen molar-refractivity contribution in [1.82, 2.24) is 24.6 Å². The minimum absolute atomic E-state index is 0.464. The van der Waals surface area contributed by atoms with Crippen molar-refractivity contribution in [3.63, 3.8) is 0 Å². The van der Waals surface area contributed by atoms with E-state index in [1.54, 1.807) is 12.4 Å². The molecule has 0 radical (unpaired) electrons. The van der Waals surface area contributed by atoms with Gasteiger partial charge in [-0.3, -0.25) is 9.88 Å². The lowest BCUT2D eigenvalue weighted by molar-refractivity contribution is 0.0607.